The van der Waals surface area contributed by atoms with Gasteiger partial charge in [0.15, 0.2) is 11.2 Å². The Hall–Kier alpha value is -1.67. The third-order valence-electron chi connectivity index (χ3n) is 3.58. The van der Waals surface area contributed by atoms with Crippen LogP contribution in [0.1, 0.15) is 12.6 Å². The van der Waals surface area contributed by atoms with Gasteiger partial charge < -0.3 is 30.3 Å². The summed E-state index contributed by atoms with van der Waals surface area (Å²) in [5.41, 5.74) is 5.03. The number of hydrogen-bond acceptors (Lipinski definition) is 10. The molecule has 7 N–H and O–H groups in total. The van der Waals surface area contributed by atoms with Crippen LogP contribution in [0.3, 0.4) is 0 Å². The molecule has 0 saturated carbocycles. The number of nitrogens with two attached hydrogens (primary N) is 1. The number of imidazole rings is 1. The molecule has 2 aromatic heterocycles. The van der Waals surface area contributed by atoms with Crippen LogP contribution < -0.4 is 11.3 Å². The summed E-state index contributed by atoms with van der Waals surface area (Å²) in [4.78, 5) is 48.3. The van der Waals surface area contributed by atoms with Crippen molar-refractivity contribution in [3.05, 3.63) is 16.7 Å². The van der Waals surface area contributed by atoms with Gasteiger partial charge in [0, 0.05) is 6.42 Å². The van der Waals surface area contributed by atoms with Crippen molar-refractivity contribution in [3.8, 4) is 0 Å². The Kier molecular flexibility index (Phi) is 5.24. The van der Waals surface area contributed by atoms with Gasteiger partial charge in [0.25, 0.3) is 5.56 Å². The zero-order chi connectivity index (χ0) is 20.0. The molecule has 150 valence electrons. The lowest BCUT2D eigenvalue weighted by Gasteiger charge is -2.18. The first-order valence-electron chi connectivity index (χ1n) is 7.25. The molecule has 17 heteroatoms. The van der Waals surface area contributed by atoms with Crippen molar-refractivity contribution in [2.24, 2.45) is 0 Å². The third kappa shape index (κ3) is 4.60. The number of anilines is 1. The first-order chi connectivity index (χ1) is 12.5. The van der Waals surface area contributed by atoms with Gasteiger partial charge in [-0.25, -0.2) is 14.1 Å². The number of H-pyrrole nitrogens is 1. The minimum atomic E-state index is -5.26. The van der Waals surface area contributed by atoms with Crippen LogP contribution >= 0.6 is 15.6 Å². The van der Waals surface area contributed by atoms with Gasteiger partial charge in [0.05, 0.1) is 19.0 Å². The maximum Gasteiger partial charge on any atom is 0.481 e. The number of aliphatic hydroxyl groups excluding tert-OH is 1. The molecular weight excluding hydrogens is 412 g/mol. The molecule has 2 aromatic rings. The van der Waals surface area contributed by atoms with E-state index in [-0.39, 0.29) is 23.5 Å². The van der Waals surface area contributed by atoms with E-state index in [0.29, 0.717) is 0 Å². The first kappa shape index (κ1) is 20.1. The van der Waals surface area contributed by atoms with Crippen molar-refractivity contribution in [1.82, 2.24) is 19.5 Å². The van der Waals surface area contributed by atoms with Crippen molar-refractivity contribution in [2.75, 3.05) is 12.3 Å². The van der Waals surface area contributed by atoms with Gasteiger partial charge in [-0.2, -0.15) is 9.29 Å². The smallest absolute Gasteiger partial charge is 0.390 e. The number of nitrogens with zero attached hydrogens (tertiary/aromatic N) is 3. The summed E-state index contributed by atoms with van der Waals surface area (Å²) in [5.74, 6) is -0.150. The highest BCUT2D eigenvalue weighted by Gasteiger charge is 2.39. The van der Waals surface area contributed by atoms with Crippen molar-refractivity contribution in [2.45, 2.75) is 24.9 Å². The number of phosphoric ester groups is 1. The maximum absolute atomic E-state index is 11.8. The Labute approximate surface area is 149 Å². The number of ether oxygens (including phenoxy) is 1. The first-order valence-corrected chi connectivity index (χ1v) is 10.3. The normalized spacial score (nSPS) is 25.7. The topological polar surface area (TPSA) is 232 Å². The standard InChI is InChI=1S/C10H15N5O10P2/c11-10-13-8-7(9(17)14-10)12-3-15(8)6-1-4(16)5(24-6)2-23-27(21,22)25-26(18,19)20/h3-6,16H,1-2H2,(H,21,22)(H2,18,19,20)(H3,11,13,14,17)/t4-,5-,6-/m1/s1. The lowest BCUT2D eigenvalue weighted by atomic mass is 10.2. The SMILES string of the molecule is Nc1nc2c(ncn2[C@H]2C[C@@H](O)[C@@H](COP(=O)(O)OP(=O)(O)O)O2)c(=O)[nH]1. The minimum absolute atomic E-state index is 0.00288. The highest BCUT2D eigenvalue weighted by Crippen LogP contribution is 2.57. The molecule has 0 amide bonds. The van der Waals surface area contributed by atoms with Gasteiger partial charge in [-0.3, -0.25) is 18.9 Å². The molecule has 1 aliphatic heterocycles. The molecule has 0 spiro atoms. The number of nitrogens with one attached hydrogen (secondary N) is 1. The molecule has 15 nitrogen and oxygen atoms in total. The summed E-state index contributed by atoms with van der Waals surface area (Å²) in [5, 5.41) is 10.1. The Morgan fingerprint density at radius 1 is 1.41 bits per heavy atom. The van der Waals surface area contributed by atoms with Gasteiger partial charge in [-0.15, -0.1) is 0 Å². The maximum atomic E-state index is 11.8. The van der Waals surface area contributed by atoms with Crippen molar-refractivity contribution in [1.29, 1.82) is 0 Å². The number of hydrogen-bond donors (Lipinski definition) is 6. The van der Waals surface area contributed by atoms with Crippen LogP contribution in [0.25, 0.3) is 11.2 Å². The molecule has 27 heavy (non-hydrogen) atoms. The average molecular weight is 427 g/mol. The molecule has 4 atom stereocenters. The number of aromatic nitrogens is 4. The Bertz CT molecular complexity index is 1000. The van der Waals surface area contributed by atoms with Crippen LogP contribution in [0, 0.1) is 0 Å². The van der Waals surface area contributed by atoms with Gasteiger partial charge >= 0.3 is 15.6 Å². The molecular formula is C10H15N5O10P2. The predicted molar refractivity (Wildman–Crippen MR) is 86.0 cm³/mol. The van der Waals surface area contributed by atoms with E-state index in [2.05, 4.69) is 23.8 Å². The van der Waals surface area contributed by atoms with E-state index in [1.165, 1.54) is 10.9 Å². The third-order valence-corrected chi connectivity index (χ3v) is 5.73. The molecule has 1 aliphatic rings. The number of aromatic amines is 1. The van der Waals surface area contributed by atoms with E-state index in [0.717, 1.165) is 0 Å². The summed E-state index contributed by atoms with van der Waals surface area (Å²) in [7, 11) is -10.3. The molecule has 0 radical (unpaired) electrons. The molecule has 0 aromatic carbocycles. The quantitative estimate of drug-likeness (QED) is 0.291. The fraction of sp³-hybridized carbons (Fsp3) is 0.500. The van der Waals surface area contributed by atoms with E-state index >= 15 is 0 Å². The molecule has 1 unspecified atom stereocenters. The second-order valence-electron chi connectivity index (χ2n) is 5.54. The zero-order valence-electron chi connectivity index (χ0n) is 13.3. The van der Waals surface area contributed by atoms with E-state index < -0.39 is 46.2 Å². The second-order valence-corrected chi connectivity index (χ2v) is 8.37. The van der Waals surface area contributed by atoms with Crippen LogP contribution in [-0.2, 0) is 22.7 Å². The molecule has 0 aliphatic carbocycles. The summed E-state index contributed by atoms with van der Waals surface area (Å²) in [6.07, 6.45) is -1.91. The summed E-state index contributed by atoms with van der Waals surface area (Å²) in [6, 6.07) is 0. The van der Waals surface area contributed by atoms with Crippen molar-refractivity contribution >= 4 is 32.8 Å². The van der Waals surface area contributed by atoms with Crippen LogP contribution in [-0.4, -0.2) is 58.1 Å². The van der Waals surface area contributed by atoms with Gasteiger partial charge in [0.2, 0.25) is 5.95 Å². The number of phosphoric acid groups is 2. The van der Waals surface area contributed by atoms with Crippen LogP contribution in [0.5, 0.6) is 0 Å². The summed E-state index contributed by atoms with van der Waals surface area (Å²) < 4.78 is 37.0. The van der Waals surface area contributed by atoms with Crippen molar-refractivity contribution < 1.29 is 42.5 Å². The van der Waals surface area contributed by atoms with Crippen molar-refractivity contribution in [3.63, 3.8) is 0 Å². The average Bonchev–Trinajstić information content (AvgIpc) is 3.06. The number of fused-ring (bicyclic) bond motifs is 1. The second kappa shape index (κ2) is 7.05. The van der Waals surface area contributed by atoms with Gasteiger partial charge in [0.1, 0.15) is 12.3 Å². The highest BCUT2D eigenvalue weighted by molar-refractivity contribution is 7.60. The van der Waals surface area contributed by atoms with Gasteiger partial charge in [-0.1, -0.05) is 0 Å². The Morgan fingerprint density at radius 2 is 2.11 bits per heavy atom. The van der Waals surface area contributed by atoms with E-state index in [1.54, 1.807) is 0 Å². The van der Waals surface area contributed by atoms with Crippen LogP contribution in [0.2, 0.25) is 0 Å². The number of nitrogen functional groups attached to an aromatic ring is 1. The van der Waals surface area contributed by atoms with E-state index in [1.807, 2.05) is 0 Å². The van der Waals surface area contributed by atoms with Crippen LogP contribution in [0.4, 0.5) is 5.95 Å². The Balaban J connectivity index is 1.73. The lowest BCUT2D eigenvalue weighted by molar-refractivity contribution is -0.0423. The summed E-state index contributed by atoms with van der Waals surface area (Å²) >= 11 is 0. The van der Waals surface area contributed by atoms with Crippen LogP contribution in [0.15, 0.2) is 11.1 Å². The fourth-order valence-electron chi connectivity index (χ4n) is 2.52. The molecule has 1 saturated heterocycles. The molecule has 3 heterocycles. The fourth-order valence-corrected chi connectivity index (χ4v) is 4.11. The Morgan fingerprint density at radius 3 is 2.78 bits per heavy atom. The van der Waals surface area contributed by atoms with E-state index in [9.17, 15) is 23.9 Å². The molecule has 1 fully saturated rings. The van der Waals surface area contributed by atoms with Gasteiger partial charge in [-0.05, 0) is 0 Å². The number of aliphatic hydroxyl groups is 1. The monoisotopic (exact) mass is 427 g/mol. The highest BCUT2D eigenvalue weighted by atomic mass is 31.3. The zero-order valence-corrected chi connectivity index (χ0v) is 15.1. The van der Waals surface area contributed by atoms with E-state index in [4.69, 9.17) is 20.3 Å². The molecule has 0 bridgehead atoms. The largest absolute Gasteiger partial charge is 0.481 e. The minimum Gasteiger partial charge on any atom is -0.390 e. The lowest BCUT2D eigenvalue weighted by Crippen LogP contribution is -2.26. The predicted octanol–water partition coefficient (Wildman–Crippen LogP) is -1.42. The number of rotatable bonds is 6. The summed E-state index contributed by atoms with van der Waals surface area (Å²) in [6.45, 7) is -0.700. The molecule has 3 rings (SSSR count).